The molecule has 5 aromatic rings. The molecule has 0 amide bonds. The maximum Gasteiger partial charge on any atom is 0.328 e. The second kappa shape index (κ2) is 10.4. The SMILES string of the molecule is CC(C)(C)O.Cc1cc2nc(-c3ccc4c(c3)n(C)c(=O)n4C)sc2c(-c2ccc(Cl)cc2)c1CC(=O)O. The van der Waals surface area contributed by atoms with Gasteiger partial charge in [-0.05, 0) is 80.8 Å². The molecule has 198 valence electrons. The lowest BCUT2D eigenvalue weighted by atomic mass is 9.93. The van der Waals surface area contributed by atoms with Crippen LogP contribution in [0.25, 0.3) is 42.9 Å². The quantitative estimate of drug-likeness (QED) is 0.278. The normalized spacial score (nSPS) is 11.6. The zero-order valence-corrected chi connectivity index (χ0v) is 23.7. The molecule has 9 heteroatoms. The summed E-state index contributed by atoms with van der Waals surface area (Å²) >= 11 is 7.62. The average molecular weight is 552 g/mol. The lowest BCUT2D eigenvalue weighted by Gasteiger charge is -2.13. The number of halogens is 1. The van der Waals surface area contributed by atoms with E-state index in [0.29, 0.717) is 5.02 Å². The van der Waals surface area contributed by atoms with Crippen LogP contribution in [0.1, 0.15) is 31.9 Å². The highest BCUT2D eigenvalue weighted by Gasteiger charge is 2.20. The smallest absolute Gasteiger partial charge is 0.328 e. The summed E-state index contributed by atoms with van der Waals surface area (Å²) in [6.07, 6.45) is -0.0783. The van der Waals surface area contributed by atoms with Crippen LogP contribution in [0.5, 0.6) is 0 Å². The Morgan fingerprint density at radius 1 is 1.00 bits per heavy atom. The Bertz CT molecular complexity index is 1720. The van der Waals surface area contributed by atoms with Gasteiger partial charge in [-0.15, -0.1) is 11.3 Å². The maximum atomic E-state index is 12.3. The Morgan fingerprint density at radius 2 is 1.58 bits per heavy atom. The molecule has 0 spiro atoms. The summed E-state index contributed by atoms with van der Waals surface area (Å²) in [6, 6.07) is 15.3. The fourth-order valence-electron chi connectivity index (χ4n) is 4.30. The third-order valence-electron chi connectivity index (χ3n) is 5.99. The van der Waals surface area contributed by atoms with Gasteiger partial charge in [-0.3, -0.25) is 13.9 Å². The zero-order chi connectivity index (χ0) is 27.9. The van der Waals surface area contributed by atoms with Crippen LogP contribution >= 0.6 is 22.9 Å². The minimum absolute atomic E-state index is 0.0783. The minimum Gasteiger partial charge on any atom is -0.481 e. The number of aromatic nitrogens is 3. The van der Waals surface area contributed by atoms with Crippen molar-refractivity contribution in [2.75, 3.05) is 0 Å². The zero-order valence-electron chi connectivity index (χ0n) is 22.2. The number of aliphatic hydroxyl groups is 1. The molecule has 7 nitrogen and oxygen atoms in total. The molecule has 2 aromatic heterocycles. The molecular weight excluding hydrogens is 522 g/mol. The van der Waals surface area contributed by atoms with Crippen molar-refractivity contribution in [2.45, 2.75) is 39.7 Å². The molecule has 0 aliphatic carbocycles. The number of benzene rings is 3. The largest absolute Gasteiger partial charge is 0.481 e. The molecule has 5 rings (SSSR count). The standard InChI is InChI=1S/C25H20ClN3O3S.C4H10O/c1-13-10-18-23(22(17(13)12-21(30)31)14-4-7-16(26)8-5-14)33-24(27-18)15-6-9-19-20(11-15)29(3)25(32)28(19)2;1-4(2,3)5/h4-11H,12H2,1-3H3,(H,30,31);5H,1-3H3. The van der Waals surface area contributed by atoms with E-state index < -0.39 is 11.6 Å². The van der Waals surface area contributed by atoms with Crippen molar-refractivity contribution in [2.24, 2.45) is 14.1 Å². The molecular formula is C29H30ClN3O4S. The van der Waals surface area contributed by atoms with Crippen molar-refractivity contribution in [1.29, 1.82) is 0 Å². The van der Waals surface area contributed by atoms with Crippen LogP contribution in [0.15, 0.2) is 53.3 Å². The first kappa shape index (κ1) is 27.6. The van der Waals surface area contributed by atoms with E-state index in [4.69, 9.17) is 21.7 Å². The molecule has 0 fully saturated rings. The van der Waals surface area contributed by atoms with Gasteiger partial charge in [-0.2, -0.15) is 0 Å². The van der Waals surface area contributed by atoms with Gasteiger partial charge in [0.05, 0.1) is 33.3 Å². The van der Waals surface area contributed by atoms with Crippen molar-refractivity contribution in [3.8, 4) is 21.7 Å². The number of imidazole rings is 1. The molecule has 3 aromatic carbocycles. The van der Waals surface area contributed by atoms with Gasteiger partial charge >= 0.3 is 11.7 Å². The minimum atomic E-state index is -0.882. The number of aliphatic carboxylic acids is 1. The number of nitrogens with zero attached hydrogens (tertiary/aromatic N) is 3. The number of rotatable bonds is 4. The first-order valence-corrected chi connectivity index (χ1v) is 13.2. The number of carbonyl (C=O) groups is 1. The fourth-order valence-corrected chi connectivity index (χ4v) is 5.56. The van der Waals surface area contributed by atoms with Gasteiger partial charge in [0.2, 0.25) is 0 Å². The summed E-state index contributed by atoms with van der Waals surface area (Å²) in [5.74, 6) is -0.882. The van der Waals surface area contributed by atoms with Crippen LogP contribution in [0, 0.1) is 6.92 Å². The third kappa shape index (κ3) is 5.67. The topological polar surface area (TPSA) is 97.4 Å². The molecule has 38 heavy (non-hydrogen) atoms. The fraction of sp³-hybridized carbons (Fsp3) is 0.276. The maximum absolute atomic E-state index is 12.3. The predicted octanol–water partition coefficient (Wildman–Crippen LogP) is 6.19. The number of fused-ring (bicyclic) bond motifs is 2. The lowest BCUT2D eigenvalue weighted by Crippen LogP contribution is -2.19. The summed E-state index contributed by atoms with van der Waals surface area (Å²) in [4.78, 5) is 28.8. The van der Waals surface area contributed by atoms with E-state index in [1.54, 1.807) is 56.1 Å². The van der Waals surface area contributed by atoms with Gasteiger partial charge in [-0.25, -0.2) is 9.78 Å². The summed E-state index contributed by atoms with van der Waals surface area (Å²) < 4.78 is 4.18. The van der Waals surface area contributed by atoms with Gasteiger partial charge in [0.25, 0.3) is 0 Å². The molecule has 2 heterocycles. The number of aryl methyl sites for hydroxylation is 3. The summed E-state index contributed by atoms with van der Waals surface area (Å²) in [5, 5.41) is 19.5. The third-order valence-corrected chi connectivity index (χ3v) is 7.38. The highest BCUT2D eigenvalue weighted by molar-refractivity contribution is 7.22. The van der Waals surface area contributed by atoms with Crippen LogP contribution in [0.2, 0.25) is 5.02 Å². The van der Waals surface area contributed by atoms with Gasteiger partial charge in [0, 0.05) is 30.2 Å². The molecule has 0 saturated carbocycles. The number of hydrogen-bond donors (Lipinski definition) is 2. The van der Waals surface area contributed by atoms with Crippen molar-refractivity contribution in [3.05, 3.63) is 75.2 Å². The number of carboxylic acids is 1. The molecule has 0 radical (unpaired) electrons. The second-order valence-electron chi connectivity index (χ2n) is 10.3. The average Bonchev–Trinajstić information content (AvgIpc) is 3.33. The van der Waals surface area contributed by atoms with E-state index in [1.807, 2.05) is 43.3 Å². The Kier molecular flexibility index (Phi) is 7.52. The molecule has 0 unspecified atom stereocenters. The van der Waals surface area contributed by atoms with Crippen molar-refractivity contribution in [1.82, 2.24) is 14.1 Å². The van der Waals surface area contributed by atoms with E-state index in [9.17, 15) is 14.7 Å². The van der Waals surface area contributed by atoms with Gasteiger partial charge < -0.3 is 10.2 Å². The van der Waals surface area contributed by atoms with E-state index in [0.717, 1.165) is 54.1 Å². The lowest BCUT2D eigenvalue weighted by molar-refractivity contribution is -0.136. The Morgan fingerprint density at radius 3 is 2.18 bits per heavy atom. The van der Waals surface area contributed by atoms with E-state index in [1.165, 1.54) is 11.3 Å². The van der Waals surface area contributed by atoms with Crippen LogP contribution in [0.3, 0.4) is 0 Å². The molecule has 0 saturated heterocycles. The molecule has 0 bridgehead atoms. The Labute approximate surface area is 229 Å². The van der Waals surface area contributed by atoms with Crippen molar-refractivity contribution < 1.29 is 15.0 Å². The first-order valence-electron chi connectivity index (χ1n) is 12.0. The highest BCUT2D eigenvalue weighted by Crippen LogP contribution is 2.41. The van der Waals surface area contributed by atoms with E-state index >= 15 is 0 Å². The Balaban J connectivity index is 0.000000617. The summed E-state index contributed by atoms with van der Waals surface area (Å²) in [5.41, 5.74) is 6.26. The number of thiazole rings is 1. The van der Waals surface area contributed by atoms with Gasteiger partial charge in [0.15, 0.2) is 0 Å². The van der Waals surface area contributed by atoms with Gasteiger partial charge in [-0.1, -0.05) is 23.7 Å². The second-order valence-corrected chi connectivity index (χ2v) is 11.7. The van der Waals surface area contributed by atoms with E-state index in [2.05, 4.69) is 0 Å². The highest BCUT2D eigenvalue weighted by atomic mass is 35.5. The Hall–Kier alpha value is -3.46. The first-order chi connectivity index (χ1) is 17.7. The molecule has 0 atom stereocenters. The van der Waals surface area contributed by atoms with Gasteiger partial charge in [0.1, 0.15) is 5.01 Å². The summed E-state index contributed by atoms with van der Waals surface area (Å²) in [6.45, 7) is 7.15. The monoisotopic (exact) mass is 551 g/mol. The predicted molar refractivity (Wildman–Crippen MR) is 155 cm³/mol. The van der Waals surface area contributed by atoms with Crippen LogP contribution in [-0.2, 0) is 25.3 Å². The van der Waals surface area contributed by atoms with Crippen molar-refractivity contribution in [3.63, 3.8) is 0 Å². The number of carboxylic acid groups (broad SMARTS) is 1. The molecule has 2 N–H and O–H groups in total. The van der Waals surface area contributed by atoms with Crippen LogP contribution < -0.4 is 5.69 Å². The van der Waals surface area contributed by atoms with E-state index in [-0.39, 0.29) is 12.1 Å². The van der Waals surface area contributed by atoms with Crippen molar-refractivity contribution >= 4 is 50.2 Å². The number of hydrogen-bond acceptors (Lipinski definition) is 5. The van der Waals surface area contributed by atoms with Crippen LogP contribution in [0.4, 0.5) is 0 Å². The summed E-state index contributed by atoms with van der Waals surface area (Å²) in [7, 11) is 3.51. The van der Waals surface area contributed by atoms with Crippen LogP contribution in [-0.4, -0.2) is 35.9 Å². The molecule has 0 aliphatic rings. The molecule has 0 aliphatic heterocycles.